The Balaban J connectivity index is 2.03. The van der Waals surface area contributed by atoms with Crippen molar-refractivity contribution in [3.63, 3.8) is 0 Å². The van der Waals surface area contributed by atoms with Crippen molar-refractivity contribution < 1.29 is 14.3 Å². The fourth-order valence-corrected chi connectivity index (χ4v) is 3.08. The minimum Gasteiger partial charge on any atom is -0.452 e. The van der Waals surface area contributed by atoms with Crippen molar-refractivity contribution in [2.75, 3.05) is 24.4 Å². The first-order valence-electron chi connectivity index (χ1n) is 8.06. The molecule has 0 bridgehead atoms. The Morgan fingerprint density at radius 2 is 1.79 bits per heavy atom. The Morgan fingerprint density at radius 3 is 2.29 bits per heavy atom. The summed E-state index contributed by atoms with van der Waals surface area (Å²) in [6.45, 7) is 8.35. The molecule has 2 rings (SSSR count). The van der Waals surface area contributed by atoms with Crippen LogP contribution in [-0.2, 0) is 9.53 Å². The van der Waals surface area contributed by atoms with Crippen LogP contribution in [0.5, 0.6) is 0 Å². The van der Waals surface area contributed by atoms with Gasteiger partial charge >= 0.3 is 6.09 Å². The third kappa shape index (κ3) is 3.61. The second kappa shape index (κ2) is 6.67. The SMILES string of the molecule is COC(=O)N(C)c1ccc(NC(=O)[C@@H]2[C@@H](C=C(C)C)C2(C)C)cc1. The van der Waals surface area contributed by atoms with Crippen LogP contribution in [0.4, 0.5) is 16.2 Å². The Hall–Kier alpha value is -2.30. The lowest BCUT2D eigenvalue weighted by atomic mass is 10.1. The van der Waals surface area contributed by atoms with E-state index in [2.05, 4.69) is 43.8 Å². The van der Waals surface area contributed by atoms with E-state index in [1.165, 1.54) is 17.6 Å². The van der Waals surface area contributed by atoms with Gasteiger partial charge in [0.2, 0.25) is 5.91 Å². The van der Waals surface area contributed by atoms with Gasteiger partial charge in [-0.1, -0.05) is 25.5 Å². The normalized spacial score (nSPS) is 20.8. The number of benzene rings is 1. The molecule has 0 heterocycles. The molecule has 5 nitrogen and oxygen atoms in total. The number of methoxy groups -OCH3 is 1. The number of hydrogen-bond donors (Lipinski definition) is 1. The van der Waals surface area contributed by atoms with Gasteiger partial charge in [0, 0.05) is 18.4 Å². The highest BCUT2D eigenvalue weighted by molar-refractivity contribution is 5.96. The van der Waals surface area contributed by atoms with E-state index in [-0.39, 0.29) is 23.2 Å². The minimum absolute atomic E-state index is 0.00754. The van der Waals surface area contributed by atoms with Gasteiger partial charge in [0.05, 0.1) is 13.0 Å². The largest absolute Gasteiger partial charge is 0.452 e. The molecule has 1 N–H and O–H groups in total. The lowest BCUT2D eigenvalue weighted by Gasteiger charge is -2.16. The maximum Gasteiger partial charge on any atom is 0.413 e. The number of nitrogens with zero attached hydrogens (tertiary/aromatic N) is 1. The number of carbonyl (C=O) groups excluding carboxylic acids is 2. The average Bonchev–Trinajstić information content (AvgIpc) is 3.06. The van der Waals surface area contributed by atoms with E-state index in [0.717, 1.165) is 5.69 Å². The van der Waals surface area contributed by atoms with Gasteiger partial charge in [-0.3, -0.25) is 9.69 Å². The second-order valence-corrected chi connectivity index (χ2v) is 7.13. The van der Waals surface area contributed by atoms with Crippen molar-refractivity contribution in [2.24, 2.45) is 17.3 Å². The van der Waals surface area contributed by atoms with E-state index in [4.69, 9.17) is 0 Å². The third-order valence-electron chi connectivity index (χ3n) is 4.68. The second-order valence-electron chi connectivity index (χ2n) is 7.13. The van der Waals surface area contributed by atoms with Crippen LogP contribution >= 0.6 is 0 Å². The number of ether oxygens (including phenoxy) is 1. The number of nitrogens with one attached hydrogen (secondary N) is 1. The summed E-state index contributed by atoms with van der Waals surface area (Å²) in [5, 5.41) is 2.97. The van der Waals surface area contributed by atoms with Crippen LogP contribution in [0.15, 0.2) is 35.9 Å². The molecule has 130 valence electrons. The van der Waals surface area contributed by atoms with Crippen LogP contribution < -0.4 is 10.2 Å². The Labute approximate surface area is 143 Å². The van der Waals surface area contributed by atoms with Gasteiger partial charge in [-0.05, 0) is 49.4 Å². The number of rotatable bonds is 4. The zero-order chi connectivity index (χ0) is 18.1. The molecule has 0 saturated heterocycles. The summed E-state index contributed by atoms with van der Waals surface area (Å²) in [6, 6.07) is 7.13. The van der Waals surface area contributed by atoms with E-state index in [0.29, 0.717) is 5.69 Å². The summed E-state index contributed by atoms with van der Waals surface area (Å²) in [5.41, 5.74) is 2.65. The summed E-state index contributed by atoms with van der Waals surface area (Å²) < 4.78 is 4.68. The third-order valence-corrected chi connectivity index (χ3v) is 4.68. The molecule has 0 aliphatic heterocycles. The molecule has 0 spiro atoms. The summed E-state index contributed by atoms with van der Waals surface area (Å²) >= 11 is 0. The Kier molecular flexibility index (Phi) is 5.02. The summed E-state index contributed by atoms with van der Waals surface area (Å²) in [7, 11) is 2.98. The molecule has 2 amide bonds. The van der Waals surface area contributed by atoms with Crippen LogP contribution in [-0.4, -0.2) is 26.2 Å². The van der Waals surface area contributed by atoms with Crippen molar-refractivity contribution in [1.29, 1.82) is 0 Å². The molecule has 0 unspecified atom stereocenters. The van der Waals surface area contributed by atoms with Crippen molar-refractivity contribution in [3.8, 4) is 0 Å². The first-order valence-corrected chi connectivity index (χ1v) is 8.06. The lowest BCUT2D eigenvalue weighted by molar-refractivity contribution is -0.118. The van der Waals surface area contributed by atoms with Crippen LogP contribution in [0, 0.1) is 17.3 Å². The zero-order valence-electron chi connectivity index (χ0n) is 15.2. The van der Waals surface area contributed by atoms with E-state index < -0.39 is 6.09 Å². The summed E-state index contributed by atoms with van der Waals surface area (Å²) in [4.78, 5) is 25.4. The first-order chi connectivity index (χ1) is 11.2. The predicted octanol–water partition coefficient (Wildman–Crippen LogP) is 4.07. The zero-order valence-corrected chi connectivity index (χ0v) is 15.2. The highest BCUT2D eigenvalue weighted by atomic mass is 16.5. The molecule has 0 radical (unpaired) electrons. The van der Waals surface area contributed by atoms with Crippen molar-refractivity contribution in [2.45, 2.75) is 27.7 Å². The molecule has 1 aromatic carbocycles. The van der Waals surface area contributed by atoms with E-state index >= 15 is 0 Å². The van der Waals surface area contributed by atoms with E-state index in [1.807, 2.05) is 0 Å². The maximum atomic E-state index is 12.5. The standard InChI is InChI=1S/C19H26N2O3/c1-12(2)11-15-16(19(15,3)4)17(22)20-13-7-9-14(10-8-13)21(5)18(23)24-6/h7-11,15-16H,1-6H3,(H,20,22)/t15-,16+/m1/s1. The number of anilines is 2. The Bertz CT molecular complexity index is 658. The van der Waals surface area contributed by atoms with Gasteiger partial charge in [0.25, 0.3) is 0 Å². The molecule has 5 heteroatoms. The number of allylic oxidation sites excluding steroid dienone is 2. The maximum absolute atomic E-state index is 12.5. The summed E-state index contributed by atoms with van der Waals surface area (Å²) in [5.74, 6) is 0.314. The first kappa shape index (κ1) is 18.0. The predicted molar refractivity (Wildman–Crippen MR) is 96.1 cm³/mol. The van der Waals surface area contributed by atoms with Crippen LogP contribution in [0.1, 0.15) is 27.7 Å². The smallest absolute Gasteiger partial charge is 0.413 e. The number of carbonyl (C=O) groups is 2. The van der Waals surface area contributed by atoms with Crippen molar-refractivity contribution in [1.82, 2.24) is 0 Å². The molecule has 1 saturated carbocycles. The molecule has 0 aromatic heterocycles. The van der Waals surface area contributed by atoms with E-state index in [1.54, 1.807) is 31.3 Å². The van der Waals surface area contributed by atoms with Gasteiger partial charge < -0.3 is 10.1 Å². The average molecular weight is 330 g/mol. The van der Waals surface area contributed by atoms with Crippen LogP contribution in [0.25, 0.3) is 0 Å². The quantitative estimate of drug-likeness (QED) is 0.847. The molecule has 1 fully saturated rings. The molecule has 1 aliphatic carbocycles. The monoisotopic (exact) mass is 330 g/mol. The molecule has 1 aliphatic rings. The molecular weight excluding hydrogens is 304 g/mol. The van der Waals surface area contributed by atoms with Gasteiger partial charge in [-0.15, -0.1) is 0 Å². The Morgan fingerprint density at radius 1 is 1.21 bits per heavy atom. The van der Waals surface area contributed by atoms with Gasteiger partial charge in [0.1, 0.15) is 0 Å². The highest BCUT2D eigenvalue weighted by Crippen LogP contribution is 2.59. The van der Waals surface area contributed by atoms with Crippen molar-refractivity contribution in [3.05, 3.63) is 35.9 Å². The lowest BCUT2D eigenvalue weighted by Crippen LogP contribution is -2.25. The van der Waals surface area contributed by atoms with E-state index in [9.17, 15) is 9.59 Å². The van der Waals surface area contributed by atoms with Gasteiger partial charge in [-0.2, -0.15) is 0 Å². The van der Waals surface area contributed by atoms with Crippen molar-refractivity contribution >= 4 is 23.4 Å². The number of amides is 2. The summed E-state index contributed by atoms with van der Waals surface area (Å²) in [6.07, 6.45) is 1.75. The fourth-order valence-electron chi connectivity index (χ4n) is 3.08. The molecule has 2 atom stereocenters. The molecule has 24 heavy (non-hydrogen) atoms. The molecule has 1 aromatic rings. The number of hydrogen-bond acceptors (Lipinski definition) is 3. The van der Waals surface area contributed by atoms with Gasteiger partial charge in [0.15, 0.2) is 0 Å². The minimum atomic E-state index is -0.434. The molecular formula is C19H26N2O3. The highest BCUT2D eigenvalue weighted by Gasteiger charge is 2.60. The fraction of sp³-hybridized carbons (Fsp3) is 0.474. The van der Waals surface area contributed by atoms with Gasteiger partial charge in [-0.25, -0.2) is 4.79 Å². The topological polar surface area (TPSA) is 58.6 Å². The van der Waals surface area contributed by atoms with Crippen LogP contribution in [0.2, 0.25) is 0 Å². The van der Waals surface area contributed by atoms with Crippen LogP contribution in [0.3, 0.4) is 0 Å².